The highest BCUT2D eigenvalue weighted by Gasteiger charge is 2.34. The number of hydrogen-bond donors (Lipinski definition) is 0. The van der Waals surface area contributed by atoms with Gasteiger partial charge in [-0.05, 0) is 18.2 Å². The second-order valence-electron chi connectivity index (χ2n) is 5.01. The monoisotopic (exact) mass is 254 g/mol. The van der Waals surface area contributed by atoms with E-state index in [4.69, 9.17) is 25.6 Å². The predicted molar refractivity (Wildman–Crippen MR) is 69.1 cm³/mol. The van der Waals surface area contributed by atoms with Crippen LogP contribution < -0.4 is 10.2 Å². The quantitative estimate of drug-likeness (QED) is 0.757. The molecule has 1 aliphatic heterocycles. The smallest absolute Gasteiger partial charge is 0.495 e. The van der Waals surface area contributed by atoms with Gasteiger partial charge in [-0.15, -0.1) is 0 Å². The largest absolute Gasteiger partial charge is 0.497 e. The third kappa shape index (κ3) is 2.95. The Hall–Kier alpha value is -0.705. The first-order valence-electron chi connectivity index (χ1n) is 5.58. The minimum atomic E-state index is -0.398. The molecule has 0 amide bonds. The van der Waals surface area contributed by atoms with Gasteiger partial charge in [0.15, 0.2) is 0 Å². The SMILES string of the molecule is COc1ccc(Cl)c(B2OCC(C)(C)CO2)c1. The van der Waals surface area contributed by atoms with E-state index in [1.54, 1.807) is 13.2 Å². The number of methoxy groups -OCH3 is 1. The molecule has 1 fully saturated rings. The summed E-state index contributed by atoms with van der Waals surface area (Å²) in [7, 11) is 1.23. The lowest BCUT2D eigenvalue weighted by atomic mass is 9.76. The molecule has 3 nitrogen and oxygen atoms in total. The molecule has 17 heavy (non-hydrogen) atoms. The van der Waals surface area contributed by atoms with Crippen LogP contribution in [-0.2, 0) is 9.31 Å². The normalized spacial score (nSPS) is 19.2. The average molecular weight is 255 g/mol. The Balaban J connectivity index is 2.17. The van der Waals surface area contributed by atoms with Gasteiger partial charge in [-0.25, -0.2) is 0 Å². The van der Waals surface area contributed by atoms with Crippen LogP contribution in [0.25, 0.3) is 0 Å². The van der Waals surface area contributed by atoms with Crippen molar-refractivity contribution in [2.75, 3.05) is 20.3 Å². The van der Waals surface area contributed by atoms with Crippen LogP contribution in [-0.4, -0.2) is 27.4 Å². The van der Waals surface area contributed by atoms with E-state index in [1.807, 2.05) is 12.1 Å². The van der Waals surface area contributed by atoms with Crippen molar-refractivity contribution in [3.8, 4) is 5.75 Å². The van der Waals surface area contributed by atoms with Crippen molar-refractivity contribution in [2.45, 2.75) is 13.8 Å². The molecule has 0 spiro atoms. The predicted octanol–water partition coefficient (Wildman–Crippen LogP) is 2.12. The molecule has 0 unspecified atom stereocenters. The Bertz CT molecular complexity index is 399. The number of benzene rings is 1. The third-order valence-corrected chi connectivity index (χ3v) is 3.05. The Kier molecular flexibility index (Phi) is 3.66. The molecule has 1 heterocycles. The summed E-state index contributed by atoms with van der Waals surface area (Å²) in [6.07, 6.45) is 0. The second-order valence-corrected chi connectivity index (χ2v) is 5.41. The van der Waals surface area contributed by atoms with Gasteiger partial charge < -0.3 is 14.0 Å². The van der Waals surface area contributed by atoms with Crippen LogP contribution in [0.3, 0.4) is 0 Å². The molecule has 0 N–H and O–H groups in total. The van der Waals surface area contributed by atoms with Crippen molar-refractivity contribution in [2.24, 2.45) is 5.41 Å². The Labute approximate surface area is 107 Å². The van der Waals surface area contributed by atoms with Crippen molar-refractivity contribution in [1.29, 1.82) is 0 Å². The molecule has 1 saturated heterocycles. The van der Waals surface area contributed by atoms with Crippen LogP contribution in [0, 0.1) is 5.41 Å². The van der Waals surface area contributed by atoms with Gasteiger partial charge in [-0.3, -0.25) is 0 Å². The van der Waals surface area contributed by atoms with Gasteiger partial charge in [0.2, 0.25) is 0 Å². The molecule has 0 aromatic heterocycles. The summed E-state index contributed by atoms with van der Waals surface area (Å²) >= 11 is 6.14. The van der Waals surface area contributed by atoms with Gasteiger partial charge in [0.1, 0.15) is 5.75 Å². The highest BCUT2D eigenvalue weighted by Crippen LogP contribution is 2.23. The topological polar surface area (TPSA) is 27.7 Å². The summed E-state index contributed by atoms with van der Waals surface area (Å²) < 4.78 is 16.6. The lowest BCUT2D eigenvalue weighted by Crippen LogP contribution is -2.47. The van der Waals surface area contributed by atoms with Crippen LogP contribution in [0.2, 0.25) is 5.02 Å². The van der Waals surface area contributed by atoms with Gasteiger partial charge >= 0.3 is 7.12 Å². The first-order chi connectivity index (χ1) is 8.02. The van der Waals surface area contributed by atoms with Crippen LogP contribution in [0.5, 0.6) is 5.75 Å². The van der Waals surface area contributed by atoms with E-state index in [-0.39, 0.29) is 5.41 Å². The van der Waals surface area contributed by atoms with Crippen molar-refractivity contribution in [3.63, 3.8) is 0 Å². The summed E-state index contributed by atoms with van der Waals surface area (Å²) in [5, 5.41) is 0.635. The number of rotatable bonds is 2. The van der Waals surface area contributed by atoms with Gasteiger partial charge in [0.25, 0.3) is 0 Å². The molecule has 92 valence electrons. The van der Waals surface area contributed by atoms with Crippen LogP contribution in [0.15, 0.2) is 18.2 Å². The minimum Gasteiger partial charge on any atom is -0.497 e. The Morgan fingerprint density at radius 3 is 2.53 bits per heavy atom. The summed E-state index contributed by atoms with van der Waals surface area (Å²) in [6, 6.07) is 5.46. The molecular weight excluding hydrogens is 238 g/mol. The van der Waals surface area contributed by atoms with E-state index in [9.17, 15) is 0 Å². The lowest BCUT2D eigenvalue weighted by molar-refractivity contribution is 0.0343. The van der Waals surface area contributed by atoms with Gasteiger partial charge in [-0.1, -0.05) is 25.4 Å². The standard InChI is InChI=1S/C12H16BClO3/c1-12(2)7-16-13(17-8-12)10-6-9(15-3)4-5-11(10)14/h4-6H,7-8H2,1-3H3. The van der Waals surface area contributed by atoms with E-state index >= 15 is 0 Å². The first-order valence-corrected chi connectivity index (χ1v) is 5.96. The zero-order valence-electron chi connectivity index (χ0n) is 10.3. The molecule has 0 saturated carbocycles. The van der Waals surface area contributed by atoms with E-state index in [0.717, 1.165) is 11.2 Å². The molecule has 1 aromatic rings. The number of hydrogen-bond acceptors (Lipinski definition) is 3. The van der Waals surface area contributed by atoms with Crippen molar-refractivity contribution < 1.29 is 14.0 Å². The Morgan fingerprint density at radius 2 is 1.94 bits per heavy atom. The summed E-state index contributed by atoms with van der Waals surface area (Å²) in [5.41, 5.74) is 0.878. The summed E-state index contributed by atoms with van der Waals surface area (Å²) in [5.74, 6) is 0.751. The molecule has 2 rings (SSSR count). The maximum absolute atomic E-state index is 6.14. The van der Waals surface area contributed by atoms with Crippen LogP contribution in [0.4, 0.5) is 0 Å². The molecule has 0 radical (unpaired) electrons. The van der Waals surface area contributed by atoms with Crippen LogP contribution >= 0.6 is 11.6 Å². The molecule has 0 bridgehead atoms. The van der Waals surface area contributed by atoms with Crippen LogP contribution in [0.1, 0.15) is 13.8 Å². The number of halogens is 1. The third-order valence-electron chi connectivity index (χ3n) is 2.71. The highest BCUT2D eigenvalue weighted by atomic mass is 35.5. The maximum Gasteiger partial charge on any atom is 0.495 e. The molecule has 0 atom stereocenters. The van der Waals surface area contributed by atoms with Gasteiger partial charge in [0.05, 0.1) is 7.11 Å². The minimum absolute atomic E-state index is 0.0574. The van der Waals surface area contributed by atoms with Gasteiger partial charge in [-0.2, -0.15) is 0 Å². The van der Waals surface area contributed by atoms with E-state index < -0.39 is 7.12 Å². The fourth-order valence-corrected chi connectivity index (χ4v) is 1.91. The zero-order chi connectivity index (χ0) is 12.5. The second kappa shape index (κ2) is 4.88. The average Bonchev–Trinajstić information content (AvgIpc) is 2.30. The van der Waals surface area contributed by atoms with Crippen molar-refractivity contribution >= 4 is 24.2 Å². The number of ether oxygens (including phenoxy) is 1. The Morgan fingerprint density at radius 1 is 1.29 bits per heavy atom. The molecule has 1 aliphatic rings. The first kappa shape index (κ1) is 12.7. The van der Waals surface area contributed by atoms with Crippen molar-refractivity contribution in [3.05, 3.63) is 23.2 Å². The molecule has 0 aliphatic carbocycles. The van der Waals surface area contributed by atoms with Crippen molar-refractivity contribution in [1.82, 2.24) is 0 Å². The fraction of sp³-hybridized carbons (Fsp3) is 0.500. The molecule has 5 heteroatoms. The van der Waals surface area contributed by atoms with Gasteiger partial charge in [0, 0.05) is 29.1 Å². The highest BCUT2D eigenvalue weighted by molar-refractivity contribution is 6.65. The van der Waals surface area contributed by atoms with E-state index in [1.165, 1.54) is 0 Å². The molecular formula is C12H16BClO3. The van der Waals surface area contributed by atoms with E-state index in [0.29, 0.717) is 18.2 Å². The molecule has 1 aromatic carbocycles. The maximum atomic E-state index is 6.14. The lowest BCUT2D eigenvalue weighted by Gasteiger charge is -2.33. The summed E-state index contributed by atoms with van der Waals surface area (Å²) in [4.78, 5) is 0. The zero-order valence-corrected chi connectivity index (χ0v) is 11.1. The fourth-order valence-electron chi connectivity index (χ4n) is 1.70. The summed E-state index contributed by atoms with van der Waals surface area (Å²) in [6.45, 7) is 5.53. The van der Waals surface area contributed by atoms with E-state index in [2.05, 4.69) is 13.8 Å².